The molecule has 0 amide bonds. The van der Waals surface area contributed by atoms with E-state index < -0.39 is 0 Å². The third-order valence-corrected chi connectivity index (χ3v) is 4.19. The predicted molar refractivity (Wildman–Crippen MR) is 69.2 cm³/mol. The quantitative estimate of drug-likeness (QED) is 0.605. The van der Waals surface area contributed by atoms with Crippen molar-refractivity contribution in [1.82, 2.24) is 0 Å². The number of methoxy groups -OCH3 is 1. The summed E-state index contributed by atoms with van der Waals surface area (Å²) in [7, 11) is 1.73. The number of fused-ring (bicyclic) bond motifs is 2. The second kappa shape index (κ2) is 4.68. The fourth-order valence-corrected chi connectivity index (χ4v) is 3.48. The second-order valence-corrected chi connectivity index (χ2v) is 5.18. The van der Waals surface area contributed by atoms with Crippen molar-refractivity contribution in [2.75, 3.05) is 13.7 Å². The molecule has 0 aromatic heterocycles. The molecular formula is C15H17NO2. The van der Waals surface area contributed by atoms with E-state index in [1.54, 1.807) is 13.2 Å². The minimum Gasteiger partial charge on any atom is -0.384 e. The van der Waals surface area contributed by atoms with Crippen LogP contribution in [0.15, 0.2) is 11.1 Å². The van der Waals surface area contributed by atoms with Crippen molar-refractivity contribution >= 4 is 11.8 Å². The van der Waals surface area contributed by atoms with Gasteiger partial charge < -0.3 is 4.74 Å². The highest BCUT2D eigenvalue weighted by Gasteiger charge is 2.30. The minimum atomic E-state index is 0.392. The number of ether oxygens (including phenoxy) is 1. The van der Waals surface area contributed by atoms with Crippen molar-refractivity contribution in [2.45, 2.75) is 38.0 Å². The van der Waals surface area contributed by atoms with Crippen LogP contribution < -0.4 is 0 Å². The van der Waals surface area contributed by atoms with E-state index >= 15 is 0 Å². The SMILES string of the molecule is COC[C@@H]1CCc2cc3c(c(N=C=O)c21)CCC3. The number of hydrogen-bond donors (Lipinski definition) is 0. The zero-order chi connectivity index (χ0) is 12.5. The summed E-state index contributed by atoms with van der Waals surface area (Å²) in [5, 5.41) is 0. The number of hydrogen-bond acceptors (Lipinski definition) is 3. The summed E-state index contributed by atoms with van der Waals surface area (Å²) < 4.78 is 5.29. The first-order valence-electron chi connectivity index (χ1n) is 6.59. The fourth-order valence-electron chi connectivity index (χ4n) is 3.48. The first kappa shape index (κ1) is 11.6. The third-order valence-electron chi connectivity index (χ3n) is 4.19. The van der Waals surface area contributed by atoms with Gasteiger partial charge in [-0.3, -0.25) is 0 Å². The zero-order valence-corrected chi connectivity index (χ0v) is 10.7. The largest absolute Gasteiger partial charge is 0.384 e. The van der Waals surface area contributed by atoms with E-state index in [0.717, 1.165) is 31.4 Å². The molecule has 2 aliphatic carbocycles. The first-order chi connectivity index (χ1) is 8.85. The van der Waals surface area contributed by atoms with Crippen LogP contribution in [0.1, 0.15) is 41.0 Å². The van der Waals surface area contributed by atoms with Crippen LogP contribution in [0.25, 0.3) is 0 Å². The van der Waals surface area contributed by atoms with E-state index in [9.17, 15) is 4.79 Å². The molecule has 0 fully saturated rings. The lowest BCUT2D eigenvalue weighted by molar-refractivity contribution is 0.179. The molecule has 0 heterocycles. The monoisotopic (exact) mass is 243 g/mol. The molecule has 0 aliphatic heterocycles. The van der Waals surface area contributed by atoms with Crippen LogP contribution in [0.5, 0.6) is 0 Å². The molecule has 1 aromatic carbocycles. The lowest BCUT2D eigenvalue weighted by Gasteiger charge is -2.15. The molecule has 0 bridgehead atoms. The number of isocyanates is 1. The molecule has 0 saturated carbocycles. The van der Waals surface area contributed by atoms with E-state index in [0.29, 0.717) is 12.5 Å². The lowest BCUT2D eigenvalue weighted by Crippen LogP contribution is -2.03. The molecule has 0 N–H and O–H groups in total. The Labute approximate surface area is 107 Å². The molecule has 3 rings (SSSR count). The maximum Gasteiger partial charge on any atom is 0.240 e. The van der Waals surface area contributed by atoms with Gasteiger partial charge in [0.25, 0.3) is 0 Å². The highest BCUT2D eigenvalue weighted by molar-refractivity contribution is 5.67. The van der Waals surface area contributed by atoms with Gasteiger partial charge in [-0.2, -0.15) is 4.99 Å². The van der Waals surface area contributed by atoms with Gasteiger partial charge in [-0.15, -0.1) is 0 Å². The van der Waals surface area contributed by atoms with Crippen LogP contribution in [0, 0.1) is 0 Å². The molecule has 3 nitrogen and oxygen atoms in total. The smallest absolute Gasteiger partial charge is 0.240 e. The first-order valence-corrected chi connectivity index (χ1v) is 6.59. The Morgan fingerprint density at radius 3 is 3.06 bits per heavy atom. The van der Waals surface area contributed by atoms with Crippen LogP contribution in [-0.4, -0.2) is 19.8 Å². The summed E-state index contributed by atoms with van der Waals surface area (Å²) in [5.74, 6) is 0.392. The fraction of sp³-hybridized carbons (Fsp3) is 0.533. The van der Waals surface area contributed by atoms with Crippen molar-refractivity contribution in [2.24, 2.45) is 4.99 Å². The Balaban J connectivity index is 2.17. The van der Waals surface area contributed by atoms with Gasteiger partial charge in [0.05, 0.1) is 12.3 Å². The molecule has 1 atom stereocenters. The molecule has 0 radical (unpaired) electrons. The molecular weight excluding hydrogens is 226 g/mol. The predicted octanol–water partition coefficient (Wildman–Crippen LogP) is 2.82. The van der Waals surface area contributed by atoms with E-state index in [1.165, 1.54) is 28.7 Å². The van der Waals surface area contributed by atoms with E-state index in [-0.39, 0.29) is 0 Å². The van der Waals surface area contributed by atoms with Crippen molar-refractivity contribution in [1.29, 1.82) is 0 Å². The molecule has 1 aromatic rings. The van der Waals surface area contributed by atoms with E-state index in [4.69, 9.17) is 4.74 Å². The van der Waals surface area contributed by atoms with Crippen LogP contribution in [0.3, 0.4) is 0 Å². The Morgan fingerprint density at radius 1 is 1.39 bits per heavy atom. The number of nitrogens with zero attached hydrogens (tertiary/aromatic N) is 1. The van der Waals surface area contributed by atoms with Crippen molar-refractivity contribution in [3.8, 4) is 0 Å². The normalized spacial score (nSPS) is 20.4. The summed E-state index contributed by atoms with van der Waals surface area (Å²) >= 11 is 0. The molecule has 2 aliphatic rings. The standard InChI is InChI=1S/C15H17NO2/c1-18-8-12-6-5-11-7-10-3-2-4-13(10)15(14(11)12)16-9-17/h7,12H,2-6,8H2,1H3/t12-/m0/s1. The van der Waals surface area contributed by atoms with Crippen LogP contribution in [-0.2, 0) is 28.8 Å². The van der Waals surface area contributed by atoms with Crippen molar-refractivity contribution < 1.29 is 9.53 Å². The Morgan fingerprint density at radius 2 is 2.28 bits per heavy atom. The van der Waals surface area contributed by atoms with Gasteiger partial charge >= 0.3 is 0 Å². The Kier molecular flexibility index (Phi) is 3.02. The summed E-state index contributed by atoms with van der Waals surface area (Å²) in [4.78, 5) is 14.7. The molecule has 0 spiro atoms. The Bertz CT molecular complexity index is 530. The zero-order valence-electron chi connectivity index (χ0n) is 10.7. The average molecular weight is 243 g/mol. The minimum absolute atomic E-state index is 0.392. The van der Waals surface area contributed by atoms with E-state index in [2.05, 4.69) is 11.1 Å². The van der Waals surface area contributed by atoms with Crippen molar-refractivity contribution in [3.05, 3.63) is 28.3 Å². The number of aryl methyl sites for hydroxylation is 2. The highest BCUT2D eigenvalue weighted by atomic mass is 16.5. The van der Waals surface area contributed by atoms with Crippen molar-refractivity contribution in [3.63, 3.8) is 0 Å². The summed E-state index contributed by atoms with van der Waals surface area (Å²) in [5.41, 5.74) is 6.20. The van der Waals surface area contributed by atoms with Gasteiger partial charge in [-0.1, -0.05) is 6.07 Å². The maximum atomic E-state index is 10.7. The van der Waals surface area contributed by atoms with Gasteiger partial charge in [0.15, 0.2) is 0 Å². The molecule has 0 unspecified atom stereocenters. The summed E-state index contributed by atoms with van der Waals surface area (Å²) in [6.45, 7) is 0.715. The number of benzene rings is 1. The molecule has 18 heavy (non-hydrogen) atoms. The van der Waals surface area contributed by atoms with Gasteiger partial charge in [0.1, 0.15) is 0 Å². The molecule has 0 saturated heterocycles. The van der Waals surface area contributed by atoms with Crippen LogP contribution in [0.2, 0.25) is 0 Å². The van der Waals surface area contributed by atoms with Gasteiger partial charge in [-0.25, -0.2) is 4.79 Å². The number of aliphatic imine (C=N–C) groups is 1. The number of carbonyl (C=O) groups excluding carboxylic acids is 1. The second-order valence-electron chi connectivity index (χ2n) is 5.18. The van der Waals surface area contributed by atoms with E-state index in [1.807, 2.05) is 0 Å². The molecule has 3 heteroatoms. The van der Waals surface area contributed by atoms with Crippen LogP contribution >= 0.6 is 0 Å². The topological polar surface area (TPSA) is 38.7 Å². The molecule has 94 valence electrons. The van der Waals surface area contributed by atoms with Gasteiger partial charge in [0, 0.05) is 13.0 Å². The summed E-state index contributed by atoms with van der Waals surface area (Å²) in [6, 6.07) is 2.33. The van der Waals surface area contributed by atoms with Crippen LogP contribution in [0.4, 0.5) is 5.69 Å². The average Bonchev–Trinajstić information content (AvgIpc) is 2.97. The lowest BCUT2D eigenvalue weighted by atomic mass is 9.94. The highest BCUT2D eigenvalue weighted by Crippen LogP contribution is 2.45. The van der Waals surface area contributed by atoms with Gasteiger partial charge in [0.2, 0.25) is 6.08 Å². The summed E-state index contributed by atoms with van der Waals surface area (Å²) in [6.07, 6.45) is 7.27. The van der Waals surface area contributed by atoms with Gasteiger partial charge in [-0.05, 0) is 54.4 Å². The maximum absolute atomic E-state index is 10.7. The number of rotatable bonds is 3. The third kappa shape index (κ3) is 1.71. The Hall–Kier alpha value is -1.44.